The number of hydrogen-bond acceptors (Lipinski definition) is 6. The van der Waals surface area contributed by atoms with Crippen molar-refractivity contribution in [2.75, 3.05) is 28.4 Å². The Morgan fingerprint density at radius 1 is 0.935 bits per heavy atom. The molecule has 1 aliphatic heterocycles. The molecule has 0 saturated carbocycles. The largest absolute Gasteiger partial charge is 0.493 e. The van der Waals surface area contributed by atoms with Gasteiger partial charge in [0.15, 0.2) is 11.5 Å². The van der Waals surface area contributed by atoms with E-state index in [0.717, 1.165) is 5.56 Å². The van der Waals surface area contributed by atoms with Crippen LogP contribution >= 0.6 is 0 Å². The summed E-state index contributed by atoms with van der Waals surface area (Å²) in [6, 6.07) is 13.0. The molecule has 2 aromatic carbocycles. The maximum Gasteiger partial charge on any atom is 0.340 e. The van der Waals surface area contributed by atoms with Crippen LogP contribution in [0.15, 0.2) is 59.3 Å². The van der Waals surface area contributed by atoms with Gasteiger partial charge in [0.1, 0.15) is 0 Å². The maximum absolute atomic E-state index is 13.3. The van der Waals surface area contributed by atoms with Crippen LogP contribution in [0.5, 0.6) is 17.2 Å². The second kappa shape index (κ2) is 9.38. The molecule has 0 aromatic heterocycles. The molecule has 7 nitrogen and oxygen atoms in total. The summed E-state index contributed by atoms with van der Waals surface area (Å²) in [5.74, 6) is 0.410. The summed E-state index contributed by atoms with van der Waals surface area (Å²) in [6.45, 7) is 2.08. The van der Waals surface area contributed by atoms with Crippen molar-refractivity contribution in [3.8, 4) is 17.2 Å². The zero-order chi connectivity index (χ0) is 22.5. The first-order valence-electron chi connectivity index (χ1n) is 9.62. The number of nitrogens with zero attached hydrogens (tertiary/aromatic N) is 1. The molecular formula is C24H25NO6. The number of ether oxygens (including phenoxy) is 4. The predicted molar refractivity (Wildman–Crippen MR) is 116 cm³/mol. The molecule has 2 aromatic rings. The van der Waals surface area contributed by atoms with Crippen LogP contribution in [0.3, 0.4) is 0 Å². The monoisotopic (exact) mass is 423 g/mol. The van der Waals surface area contributed by atoms with E-state index in [-0.39, 0.29) is 17.1 Å². The minimum atomic E-state index is -0.577. The molecule has 3 rings (SSSR count). The molecule has 0 saturated heterocycles. The lowest BCUT2D eigenvalue weighted by atomic mass is 10.0. The van der Waals surface area contributed by atoms with Gasteiger partial charge in [0.2, 0.25) is 5.75 Å². The highest BCUT2D eigenvalue weighted by atomic mass is 16.5. The first kappa shape index (κ1) is 22.0. The summed E-state index contributed by atoms with van der Waals surface area (Å²) in [7, 11) is 5.82. The van der Waals surface area contributed by atoms with E-state index >= 15 is 0 Å². The Morgan fingerprint density at radius 2 is 1.61 bits per heavy atom. The van der Waals surface area contributed by atoms with Crippen LogP contribution in [0, 0.1) is 0 Å². The van der Waals surface area contributed by atoms with Gasteiger partial charge in [0.05, 0.1) is 46.1 Å². The fourth-order valence-corrected chi connectivity index (χ4v) is 3.58. The number of amides is 1. The second-order valence-corrected chi connectivity index (χ2v) is 6.81. The number of esters is 1. The highest BCUT2D eigenvalue weighted by Gasteiger charge is 2.37. The molecule has 0 atom stereocenters. The first-order chi connectivity index (χ1) is 15.0. The van der Waals surface area contributed by atoms with Gasteiger partial charge in [-0.2, -0.15) is 0 Å². The molecule has 1 aliphatic rings. The Balaban J connectivity index is 2.12. The van der Waals surface area contributed by atoms with Gasteiger partial charge in [-0.3, -0.25) is 4.79 Å². The lowest BCUT2D eigenvalue weighted by molar-refractivity contribution is -0.136. The minimum Gasteiger partial charge on any atom is -0.493 e. The Kier molecular flexibility index (Phi) is 6.65. The number of methoxy groups -OCH3 is 4. The topological polar surface area (TPSA) is 74.3 Å². The van der Waals surface area contributed by atoms with E-state index in [0.29, 0.717) is 35.1 Å². The molecular weight excluding hydrogens is 398 g/mol. The Morgan fingerprint density at radius 3 is 2.19 bits per heavy atom. The predicted octanol–water partition coefficient (Wildman–Crippen LogP) is 3.59. The summed E-state index contributed by atoms with van der Waals surface area (Å²) < 4.78 is 21.2. The second-order valence-electron chi connectivity index (χ2n) is 6.81. The van der Waals surface area contributed by atoms with E-state index in [1.165, 1.54) is 28.4 Å². The van der Waals surface area contributed by atoms with Crippen molar-refractivity contribution >= 4 is 18.0 Å². The fraction of sp³-hybridized carbons (Fsp3) is 0.250. The average molecular weight is 423 g/mol. The normalized spacial score (nSPS) is 14.8. The van der Waals surface area contributed by atoms with E-state index in [4.69, 9.17) is 18.9 Å². The van der Waals surface area contributed by atoms with Gasteiger partial charge in [-0.05, 0) is 30.7 Å². The molecule has 0 unspecified atom stereocenters. The van der Waals surface area contributed by atoms with Gasteiger partial charge < -0.3 is 23.8 Å². The molecule has 31 heavy (non-hydrogen) atoms. The van der Waals surface area contributed by atoms with Crippen LogP contribution in [-0.2, 0) is 20.9 Å². The van der Waals surface area contributed by atoms with Crippen molar-refractivity contribution in [2.45, 2.75) is 13.5 Å². The maximum atomic E-state index is 13.3. The standard InChI is InChI=1S/C24H25NO6/c1-15-20(24(27)31-5)18(23(26)25(15)14-16-9-7-6-8-10-16)13-17-11-12-19(28-2)22(30-4)21(17)29-3/h6-13H,14H2,1-5H3/b18-13-. The molecule has 0 aliphatic carbocycles. The first-order valence-corrected chi connectivity index (χ1v) is 9.62. The fourth-order valence-electron chi connectivity index (χ4n) is 3.58. The number of benzene rings is 2. The van der Waals surface area contributed by atoms with Crippen LogP contribution < -0.4 is 14.2 Å². The van der Waals surface area contributed by atoms with Gasteiger partial charge in [0, 0.05) is 11.3 Å². The number of hydrogen-bond donors (Lipinski definition) is 0. The summed E-state index contributed by atoms with van der Waals surface area (Å²) in [6.07, 6.45) is 1.61. The average Bonchev–Trinajstić information content (AvgIpc) is 3.02. The van der Waals surface area contributed by atoms with Crippen LogP contribution in [0.2, 0.25) is 0 Å². The van der Waals surface area contributed by atoms with Crippen molar-refractivity contribution in [3.05, 3.63) is 70.4 Å². The Bertz CT molecular complexity index is 1060. The number of rotatable bonds is 7. The lowest BCUT2D eigenvalue weighted by Gasteiger charge is -2.18. The molecule has 0 radical (unpaired) electrons. The van der Waals surface area contributed by atoms with E-state index in [9.17, 15) is 9.59 Å². The minimum absolute atomic E-state index is 0.222. The third-order valence-corrected chi connectivity index (χ3v) is 5.12. The zero-order valence-corrected chi connectivity index (χ0v) is 18.2. The molecule has 0 fully saturated rings. The summed E-state index contributed by atoms with van der Waals surface area (Å²) >= 11 is 0. The van der Waals surface area contributed by atoms with Crippen molar-refractivity contribution in [1.82, 2.24) is 4.90 Å². The molecule has 7 heteroatoms. The molecule has 162 valence electrons. The highest BCUT2D eigenvalue weighted by molar-refractivity contribution is 6.16. The molecule has 1 amide bonds. The highest BCUT2D eigenvalue weighted by Crippen LogP contribution is 2.42. The summed E-state index contributed by atoms with van der Waals surface area (Å²) in [5, 5.41) is 0. The SMILES string of the molecule is COC(=O)C1=C(C)N(Cc2ccccc2)C(=O)/C1=C\c1ccc(OC)c(OC)c1OC. The number of carbonyl (C=O) groups is 2. The summed E-state index contributed by atoms with van der Waals surface area (Å²) in [5.41, 5.74) is 2.50. The lowest BCUT2D eigenvalue weighted by Crippen LogP contribution is -2.24. The number of carbonyl (C=O) groups excluding carboxylic acids is 2. The van der Waals surface area contributed by atoms with E-state index in [2.05, 4.69) is 0 Å². The van der Waals surface area contributed by atoms with Crippen molar-refractivity contribution in [1.29, 1.82) is 0 Å². The smallest absolute Gasteiger partial charge is 0.340 e. The quantitative estimate of drug-likeness (QED) is 0.501. The third-order valence-electron chi connectivity index (χ3n) is 5.12. The molecule has 0 bridgehead atoms. The van der Waals surface area contributed by atoms with Crippen LogP contribution in [0.1, 0.15) is 18.1 Å². The molecule has 0 N–H and O–H groups in total. The van der Waals surface area contributed by atoms with Gasteiger partial charge in [-0.25, -0.2) is 4.79 Å². The molecule has 0 spiro atoms. The van der Waals surface area contributed by atoms with E-state index in [1.54, 1.807) is 30.0 Å². The molecule has 1 heterocycles. The third kappa shape index (κ3) is 4.12. The van der Waals surface area contributed by atoms with Crippen LogP contribution in [0.25, 0.3) is 6.08 Å². The number of allylic oxidation sites excluding steroid dienone is 1. The Labute approximate surface area is 181 Å². The Hall–Kier alpha value is -3.74. The summed E-state index contributed by atoms with van der Waals surface area (Å²) in [4.78, 5) is 27.5. The van der Waals surface area contributed by atoms with E-state index in [1.807, 2.05) is 30.3 Å². The van der Waals surface area contributed by atoms with Crippen molar-refractivity contribution in [2.24, 2.45) is 0 Å². The van der Waals surface area contributed by atoms with Gasteiger partial charge in [-0.15, -0.1) is 0 Å². The van der Waals surface area contributed by atoms with Gasteiger partial charge >= 0.3 is 5.97 Å². The van der Waals surface area contributed by atoms with Crippen LogP contribution in [-0.4, -0.2) is 45.2 Å². The van der Waals surface area contributed by atoms with Crippen LogP contribution in [0.4, 0.5) is 0 Å². The van der Waals surface area contributed by atoms with Crippen molar-refractivity contribution < 1.29 is 28.5 Å². The van der Waals surface area contributed by atoms with Crippen molar-refractivity contribution in [3.63, 3.8) is 0 Å². The van der Waals surface area contributed by atoms with Gasteiger partial charge in [-0.1, -0.05) is 30.3 Å². The zero-order valence-electron chi connectivity index (χ0n) is 18.2. The van der Waals surface area contributed by atoms with E-state index < -0.39 is 5.97 Å². The van der Waals surface area contributed by atoms with Gasteiger partial charge in [0.25, 0.3) is 5.91 Å².